The van der Waals surface area contributed by atoms with Crippen molar-refractivity contribution in [3.63, 3.8) is 0 Å². The van der Waals surface area contributed by atoms with Gasteiger partial charge < -0.3 is 10.1 Å². The van der Waals surface area contributed by atoms with Crippen molar-refractivity contribution in [1.82, 2.24) is 19.4 Å². The molecule has 4 rings (SSSR count). The van der Waals surface area contributed by atoms with E-state index >= 15 is 0 Å². The number of imidazole rings is 1. The summed E-state index contributed by atoms with van der Waals surface area (Å²) in [4.78, 5) is 13.3. The second-order valence-corrected chi connectivity index (χ2v) is 6.10. The van der Waals surface area contributed by atoms with E-state index in [1.165, 1.54) is 0 Å². The lowest BCUT2D eigenvalue weighted by molar-refractivity contribution is 0.415. The largest absolute Gasteiger partial charge is 0.497 e. The highest BCUT2D eigenvalue weighted by Gasteiger charge is 2.14. The van der Waals surface area contributed by atoms with Gasteiger partial charge in [-0.05, 0) is 31.2 Å². The molecule has 0 aliphatic rings. The van der Waals surface area contributed by atoms with Crippen LogP contribution in [0, 0.1) is 6.92 Å². The molecule has 0 bridgehead atoms. The Hall–Kier alpha value is -2.93. The summed E-state index contributed by atoms with van der Waals surface area (Å²) >= 11 is 1.56. The summed E-state index contributed by atoms with van der Waals surface area (Å²) in [5, 5.41) is 6.18. The molecule has 3 heterocycles. The molecule has 1 N–H and O–H groups in total. The molecule has 0 saturated heterocycles. The van der Waals surface area contributed by atoms with Crippen LogP contribution in [-0.4, -0.2) is 26.5 Å². The summed E-state index contributed by atoms with van der Waals surface area (Å²) in [5.41, 5.74) is 4.61. The molecule has 4 aromatic rings. The Kier molecular flexibility index (Phi) is 3.62. The number of anilines is 2. The van der Waals surface area contributed by atoms with Crippen LogP contribution in [0.2, 0.25) is 0 Å². The fourth-order valence-electron chi connectivity index (χ4n) is 2.57. The predicted molar refractivity (Wildman–Crippen MR) is 95.1 cm³/mol. The number of hydrogen-bond donors (Lipinski definition) is 1. The lowest BCUT2D eigenvalue weighted by Gasteiger charge is -2.04. The van der Waals surface area contributed by atoms with E-state index in [1.54, 1.807) is 30.8 Å². The highest BCUT2D eigenvalue weighted by Crippen LogP contribution is 2.30. The molecular weight excluding hydrogens is 322 g/mol. The summed E-state index contributed by atoms with van der Waals surface area (Å²) in [6, 6.07) is 7.76. The fraction of sp³-hybridized carbons (Fsp3) is 0.118. The Morgan fingerprint density at radius 2 is 2.00 bits per heavy atom. The number of aromatic nitrogens is 4. The van der Waals surface area contributed by atoms with E-state index in [1.807, 2.05) is 47.2 Å². The molecule has 0 aliphatic heterocycles. The number of methoxy groups -OCH3 is 1. The van der Waals surface area contributed by atoms with Gasteiger partial charge in [0.05, 0.1) is 24.7 Å². The second-order valence-electron chi connectivity index (χ2n) is 5.24. The minimum atomic E-state index is 0.822. The number of thiazole rings is 1. The SMILES string of the molecule is COc1ccc(Nc2nc(-c3c(C)nc4cnccn34)cs2)cc1. The minimum Gasteiger partial charge on any atom is -0.497 e. The molecule has 120 valence electrons. The molecular formula is C17H15N5OS. The van der Waals surface area contributed by atoms with Gasteiger partial charge in [0.1, 0.15) is 11.4 Å². The van der Waals surface area contributed by atoms with Gasteiger partial charge in [0.15, 0.2) is 10.8 Å². The number of nitrogens with zero attached hydrogens (tertiary/aromatic N) is 4. The summed E-state index contributed by atoms with van der Waals surface area (Å²) in [6.45, 7) is 1.98. The number of rotatable bonds is 4. The van der Waals surface area contributed by atoms with Crippen LogP contribution >= 0.6 is 11.3 Å². The van der Waals surface area contributed by atoms with Gasteiger partial charge in [-0.3, -0.25) is 9.38 Å². The molecule has 0 atom stereocenters. The van der Waals surface area contributed by atoms with Crippen molar-refractivity contribution in [3.05, 3.63) is 53.9 Å². The molecule has 0 aliphatic carbocycles. The van der Waals surface area contributed by atoms with E-state index in [0.29, 0.717) is 0 Å². The van der Waals surface area contributed by atoms with Crippen molar-refractivity contribution in [2.45, 2.75) is 6.92 Å². The molecule has 24 heavy (non-hydrogen) atoms. The Bertz CT molecular complexity index is 990. The first kappa shape index (κ1) is 14.6. The molecule has 7 heteroatoms. The van der Waals surface area contributed by atoms with Crippen molar-refractivity contribution in [2.75, 3.05) is 12.4 Å². The Morgan fingerprint density at radius 1 is 1.17 bits per heavy atom. The van der Waals surface area contributed by atoms with Crippen LogP contribution in [0.3, 0.4) is 0 Å². The maximum absolute atomic E-state index is 5.17. The number of aryl methyl sites for hydroxylation is 1. The van der Waals surface area contributed by atoms with Crippen LogP contribution in [0.5, 0.6) is 5.75 Å². The van der Waals surface area contributed by atoms with Crippen molar-refractivity contribution in [3.8, 4) is 17.1 Å². The average molecular weight is 337 g/mol. The van der Waals surface area contributed by atoms with E-state index in [2.05, 4.69) is 15.3 Å². The topological polar surface area (TPSA) is 64.3 Å². The summed E-state index contributed by atoms with van der Waals surface area (Å²) < 4.78 is 7.18. The number of ether oxygens (including phenoxy) is 1. The zero-order valence-electron chi connectivity index (χ0n) is 13.2. The Morgan fingerprint density at radius 3 is 2.79 bits per heavy atom. The number of benzene rings is 1. The first-order valence-electron chi connectivity index (χ1n) is 7.40. The van der Waals surface area contributed by atoms with Gasteiger partial charge in [-0.2, -0.15) is 0 Å². The van der Waals surface area contributed by atoms with Crippen LogP contribution in [0.25, 0.3) is 17.0 Å². The zero-order chi connectivity index (χ0) is 16.5. The molecule has 1 aromatic carbocycles. The Labute approximate surface area is 142 Å². The molecule has 6 nitrogen and oxygen atoms in total. The van der Waals surface area contributed by atoms with Gasteiger partial charge in [0.2, 0.25) is 0 Å². The Balaban J connectivity index is 1.65. The third-order valence-electron chi connectivity index (χ3n) is 3.69. The average Bonchev–Trinajstić information content (AvgIpc) is 3.18. The summed E-state index contributed by atoms with van der Waals surface area (Å²) in [5.74, 6) is 0.829. The molecule has 3 aromatic heterocycles. The fourth-order valence-corrected chi connectivity index (χ4v) is 3.29. The van der Waals surface area contributed by atoms with E-state index in [0.717, 1.165) is 39.3 Å². The summed E-state index contributed by atoms with van der Waals surface area (Å²) in [7, 11) is 1.66. The van der Waals surface area contributed by atoms with Gasteiger partial charge in [-0.1, -0.05) is 0 Å². The number of nitrogens with one attached hydrogen (secondary N) is 1. The predicted octanol–water partition coefficient (Wildman–Crippen LogP) is 3.91. The molecule has 0 amide bonds. The van der Waals surface area contributed by atoms with Crippen LogP contribution in [-0.2, 0) is 0 Å². The highest BCUT2D eigenvalue weighted by molar-refractivity contribution is 7.14. The van der Waals surface area contributed by atoms with Crippen molar-refractivity contribution < 1.29 is 4.74 Å². The highest BCUT2D eigenvalue weighted by atomic mass is 32.1. The molecule has 0 unspecified atom stereocenters. The van der Waals surface area contributed by atoms with E-state index in [9.17, 15) is 0 Å². The summed E-state index contributed by atoms with van der Waals surface area (Å²) in [6.07, 6.45) is 5.40. The maximum Gasteiger partial charge on any atom is 0.187 e. The van der Waals surface area contributed by atoms with Gasteiger partial charge >= 0.3 is 0 Å². The van der Waals surface area contributed by atoms with Gasteiger partial charge in [0.25, 0.3) is 0 Å². The zero-order valence-corrected chi connectivity index (χ0v) is 14.0. The molecule has 0 saturated carbocycles. The van der Waals surface area contributed by atoms with Gasteiger partial charge in [-0.15, -0.1) is 11.3 Å². The quantitative estimate of drug-likeness (QED) is 0.611. The minimum absolute atomic E-state index is 0.822. The van der Waals surface area contributed by atoms with Gasteiger partial charge in [0, 0.05) is 23.5 Å². The standard InChI is InChI=1S/C17H15N5OS/c1-11-16(22-8-7-18-9-15(22)19-11)14-10-24-17(21-14)20-12-3-5-13(23-2)6-4-12/h3-10H,1-2H3,(H,20,21). The maximum atomic E-state index is 5.17. The first-order chi connectivity index (χ1) is 11.7. The van der Waals surface area contributed by atoms with Crippen molar-refractivity contribution in [1.29, 1.82) is 0 Å². The third kappa shape index (κ3) is 2.59. The second kappa shape index (κ2) is 5.93. The number of hydrogen-bond acceptors (Lipinski definition) is 6. The third-order valence-corrected chi connectivity index (χ3v) is 4.45. The van der Waals surface area contributed by atoms with Crippen LogP contribution in [0.1, 0.15) is 5.69 Å². The normalized spacial score (nSPS) is 10.9. The van der Waals surface area contributed by atoms with Crippen LogP contribution < -0.4 is 10.1 Å². The van der Waals surface area contributed by atoms with Gasteiger partial charge in [-0.25, -0.2) is 9.97 Å². The smallest absolute Gasteiger partial charge is 0.187 e. The molecule has 0 spiro atoms. The first-order valence-corrected chi connectivity index (χ1v) is 8.28. The van der Waals surface area contributed by atoms with E-state index in [-0.39, 0.29) is 0 Å². The van der Waals surface area contributed by atoms with Crippen LogP contribution in [0.4, 0.5) is 10.8 Å². The van der Waals surface area contributed by atoms with E-state index in [4.69, 9.17) is 9.72 Å². The van der Waals surface area contributed by atoms with Crippen LogP contribution in [0.15, 0.2) is 48.2 Å². The molecule has 0 radical (unpaired) electrons. The monoisotopic (exact) mass is 337 g/mol. The van der Waals surface area contributed by atoms with Crippen molar-refractivity contribution in [2.24, 2.45) is 0 Å². The number of fused-ring (bicyclic) bond motifs is 1. The lowest BCUT2D eigenvalue weighted by atomic mass is 10.3. The lowest BCUT2D eigenvalue weighted by Crippen LogP contribution is -1.92. The van der Waals surface area contributed by atoms with E-state index < -0.39 is 0 Å². The van der Waals surface area contributed by atoms with Crippen molar-refractivity contribution >= 4 is 27.8 Å². The molecule has 0 fully saturated rings.